The predicted octanol–water partition coefficient (Wildman–Crippen LogP) is 1.21. The van der Waals surface area contributed by atoms with E-state index in [1.807, 2.05) is 24.3 Å². The minimum absolute atomic E-state index is 0.0315. The summed E-state index contributed by atoms with van der Waals surface area (Å²) in [5, 5.41) is 2.79. The Kier molecular flexibility index (Phi) is 4.43. The van der Waals surface area contributed by atoms with Crippen molar-refractivity contribution in [3.05, 3.63) is 29.8 Å². The lowest BCUT2D eigenvalue weighted by atomic mass is 9.85. The number of benzene rings is 1. The molecule has 1 aliphatic heterocycles. The quantitative estimate of drug-likeness (QED) is 0.881. The van der Waals surface area contributed by atoms with Crippen molar-refractivity contribution in [2.45, 2.75) is 38.1 Å². The van der Waals surface area contributed by atoms with Crippen LogP contribution in [0.5, 0.6) is 0 Å². The number of fused-ring (bicyclic) bond motifs is 1. The van der Waals surface area contributed by atoms with Gasteiger partial charge < -0.3 is 16.0 Å². The van der Waals surface area contributed by atoms with Crippen LogP contribution >= 0.6 is 0 Å². The van der Waals surface area contributed by atoms with Crippen molar-refractivity contribution >= 4 is 17.5 Å². The first-order valence-electron chi connectivity index (χ1n) is 8.06. The zero-order valence-corrected chi connectivity index (χ0v) is 12.8. The van der Waals surface area contributed by atoms with Gasteiger partial charge in [-0.25, -0.2) is 0 Å². The number of rotatable bonds is 3. The third kappa shape index (κ3) is 3.14. The minimum Gasteiger partial charge on any atom is -0.347 e. The van der Waals surface area contributed by atoms with Crippen molar-refractivity contribution in [3.8, 4) is 0 Å². The Labute approximate surface area is 130 Å². The SMILES string of the molecule is NC1CCCC(C(=O)NCC(=O)N2CCc3ccccc32)C1. The number of anilines is 1. The number of hydrogen-bond donors (Lipinski definition) is 2. The highest BCUT2D eigenvalue weighted by atomic mass is 16.2. The van der Waals surface area contributed by atoms with E-state index in [4.69, 9.17) is 5.73 Å². The third-order valence-electron chi connectivity index (χ3n) is 4.69. The van der Waals surface area contributed by atoms with Crippen LogP contribution in [0.15, 0.2) is 24.3 Å². The van der Waals surface area contributed by atoms with Gasteiger partial charge in [-0.1, -0.05) is 24.6 Å². The standard InChI is InChI=1S/C17H23N3O2/c18-14-6-3-5-13(10-14)17(22)19-11-16(21)20-9-8-12-4-1-2-7-15(12)20/h1-2,4,7,13-14H,3,5-6,8-11,18H2,(H,19,22). The number of hydrogen-bond acceptors (Lipinski definition) is 3. The number of carbonyl (C=O) groups excluding carboxylic acids is 2. The van der Waals surface area contributed by atoms with Crippen LogP contribution in [0.3, 0.4) is 0 Å². The fourth-order valence-corrected chi connectivity index (χ4v) is 3.47. The second kappa shape index (κ2) is 6.48. The van der Waals surface area contributed by atoms with Gasteiger partial charge >= 0.3 is 0 Å². The van der Waals surface area contributed by atoms with Crippen LogP contribution < -0.4 is 16.0 Å². The Bertz CT molecular complexity index is 573. The van der Waals surface area contributed by atoms with Gasteiger partial charge in [0.15, 0.2) is 0 Å². The number of para-hydroxylation sites is 1. The van der Waals surface area contributed by atoms with E-state index < -0.39 is 0 Å². The highest BCUT2D eigenvalue weighted by Gasteiger charge is 2.27. The Morgan fingerprint density at radius 3 is 2.91 bits per heavy atom. The molecule has 0 bridgehead atoms. The van der Waals surface area contributed by atoms with Crippen molar-refractivity contribution in [3.63, 3.8) is 0 Å². The largest absolute Gasteiger partial charge is 0.347 e. The van der Waals surface area contributed by atoms with E-state index in [1.54, 1.807) is 4.90 Å². The van der Waals surface area contributed by atoms with Crippen molar-refractivity contribution < 1.29 is 9.59 Å². The van der Waals surface area contributed by atoms with Gasteiger partial charge in [-0.2, -0.15) is 0 Å². The molecule has 22 heavy (non-hydrogen) atoms. The summed E-state index contributed by atoms with van der Waals surface area (Å²) in [4.78, 5) is 26.3. The first-order chi connectivity index (χ1) is 10.6. The van der Waals surface area contributed by atoms with Crippen molar-refractivity contribution in [2.75, 3.05) is 18.0 Å². The normalized spacial score (nSPS) is 24.0. The van der Waals surface area contributed by atoms with Crippen molar-refractivity contribution in [1.29, 1.82) is 0 Å². The summed E-state index contributed by atoms with van der Waals surface area (Å²) in [5.41, 5.74) is 8.08. The minimum atomic E-state index is -0.0431. The molecule has 5 nitrogen and oxygen atoms in total. The molecular formula is C17H23N3O2. The van der Waals surface area contributed by atoms with Crippen LogP contribution in [-0.2, 0) is 16.0 Å². The molecule has 2 unspecified atom stereocenters. The molecule has 0 radical (unpaired) electrons. The molecule has 3 rings (SSSR count). The summed E-state index contributed by atoms with van der Waals surface area (Å²) in [6.45, 7) is 0.765. The van der Waals surface area contributed by atoms with Crippen LogP contribution in [0.1, 0.15) is 31.2 Å². The first-order valence-corrected chi connectivity index (χ1v) is 8.06. The zero-order valence-electron chi connectivity index (χ0n) is 12.8. The number of nitrogens with zero attached hydrogens (tertiary/aromatic N) is 1. The number of amides is 2. The molecule has 0 saturated heterocycles. The molecule has 3 N–H and O–H groups in total. The van der Waals surface area contributed by atoms with Crippen LogP contribution in [0.2, 0.25) is 0 Å². The van der Waals surface area contributed by atoms with E-state index in [9.17, 15) is 9.59 Å². The van der Waals surface area contributed by atoms with Crippen LogP contribution in [0.4, 0.5) is 5.69 Å². The second-order valence-corrected chi connectivity index (χ2v) is 6.27. The molecule has 1 saturated carbocycles. The van der Waals surface area contributed by atoms with Gasteiger partial charge in [0.1, 0.15) is 0 Å². The Morgan fingerprint density at radius 2 is 2.09 bits per heavy atom. The van der Waals surface area contributed by atoms with E-state index in [0.717, 1.165) is 37.8 Å². The molecule has 0 spiro atoms. The smallest absolute Gasteiger partial charge is 0.246 e. The summed E-state index contributed by atoms with van der Waals surface area (Å²) in [5.74, 6) is -0.114. The zero-order chi connectivity index (χ0) is 15.5. The lowest BCUT2D eigenvalue weighted by Gasteiger charge is -2.26. The molecule has 5 heteroatoms. The third-order valence-corrected chi connectivity index (χ3v) is 4.69. The van der Waals surface area contributed by atoms with Crippen LogP contribution in [0.25, 0.3) is 0 Å². The second-order valence-electron chi connectivity index (χ2n) is 6.27. The maximum atomic E-state index is 12.3. The molecule has 1 aliphatic carbocycles. The first kappa shape index (κ1) is 15.0. The van der Waals surface area contributed by atoms with Gasteiger partial charge in [-0.05, 0) is 37.3 Å². The molecular weight excluding hydrogens is 278 g/mol. The highest BCUT2D eigenvalue weighted by molar-refractivity contribution is 5.98. The lowest BCUT2D eigenvalue weighted by molar-refractivity contribution is -0.128. The summed E-state index contributed by atoms with van der Waals surface area (Å²) in [6, 6.07) is 8.05. The Morgan fingerprint density at radius 1 is 1.27 bits per heavy atom. The summed E-state index contributed by atoms with van der Waals surface area (Å²) in [7, 11) is 0. The summed E-state index contributed by atoms with van der Waals surface area (Å²) < 4.78 is 0. The van der Waals surface area contributed by atoms with E-state index in [1.165, 1.54) is 5.56 Å². The van der Waals surface area contributed by atoms with E-state index in [0.29, 0.717) is 6.54 Å². The maximum absolute atomic E-state index is 12.3. The Balaban J connectivity index is 1.54. The van der Waals surface area contributed by atoms with Crippen molar-refractivity contribution in [2.24, 2.45) is 11.7 Å². The van der Waals surface area contributed by atoms with Gasteiger partial charge in [-0.15, -0.1) is 0 Å². The van der Waals surface area contributed by atoms with E-state index in [-0.39, 0.29) is 30.3 Å². The average Bonchev–Trinajstić information content (AvgIpc) is 2.96. The molecule has 1 aromatic carbocycles. The number of nitrogens with two attached hydrogens (primary N) is 1. The molecule has 2 amide bonds. The van der Waals surface area contributed by atoms with Gasteiger partial charge in [0, 0.05) is 24.2 Å². The lowest BCUT2D eigenvalue weighted by Crippen LogP contribution is -2.43. The van der Waals surface area contributed by atoms with Gasteiger partial charge in [-0.3, -0.25) is 9.59 Å². The summed E-state index contributed by atoms with van der Waals surface area (Å²) >= 11 is 0. The molecule has 2 aliphatic rings. The highest BCUT2D eigenvalue weighted by Crippen LogP contribution is 2.27. The molecule has 1 aromatic rings. The molecule has 2 atom stereocenters. The maximum Gasteiger partial charge on any atom is 0.246 e. The van der Waals surface area contributed by atoms with Crippen molar-refractivity contribution in [1.82, 2.24) is 5.32 Å². The average molecular weight is 301 g/mol. The van der Waals surface area contributed by atoms with Crippen LogP contribution in [-0.4, -0.2) is 30.9 Å². The summed E-state index contributed by atoms with van der Waals surface area (Å²) in [6.07, 6.45) is 4.47. The van der Waals surface area contributed by atoms with E-state index >= 15 is 0 Å². The number of carbonyl (C=O) groups is 2. The van der Waals surface area contributed by atoms with Gasteiger partial charge in [0.05, 0.1) is 6.54 Å². The van der Waals surface area contributed by atoms with Gasteiger partial charge in [0.25, 0.3) is 0 Å². The molecule has 1 fully saturated rings. The fourth-order valence-electron chi connectivity index (χ4n) is 3.47. The Hall–Kier alpha value is -1.88. The monoisotopic (exact) mass is 301 g/mol. The predicted molar refractivity (Wildman–Crippen MR) is 85.4 cm³/mol. The van der Waals surface area contributed by atoms with Crippen LogP contribution in [0, 0.1) is 5.92 Å². The van der Waals surface area contributed by atoms with Gasteiger partial charge in [0.2, 0.25) is 11.8 Å². The molecule has 118 valence electrons. The fraction of sp³-hybridized carbons (Fsp3) is 0.529. The molecule has 1 heterocycles. The molecule has 0 aromatic heterocycles. The topological polar surface area (TPSA) is 75.4 Å². The number of nitrogens with one attached hydrogen (secondary N) is 1. The van der Waals surface area contributed by atoms with E-state index in [2.05, 4.69) is 5.32 Å².